The van der Waals surface area contributed by atoms with Crippen molar-refractivity contribution in [3.8, 4) is 5.75 Å². The zero-order valence-electron chi connectivity index (χ0n) is 15.5. The fourth-order valence-corrected chi connectivity index (χ4v) is 4.45. The first-order valence-corrected chi connectivity index (χ1v) is 12.0. The average Bonchev–Trinajstić information content (AvgIpc) is 3.22. The summed E-state index contributed by atoms with van der Waals surface area (Å²) in [6.07, 6.45) is 3.12. The Kier molecular flexibility index (Phi) is 7.40. The number of ether oxygens (including phenoxy) is 1. The fourth-order valence-electron chi connectivity index (χ4n) is 2.48. The van der Waals surface area contributed by atoms with Gasteiger partial charge in [0.15, 0.2) is 0 Å². The van der Waals surface area contributed by atoms with Gasteiger partial charge < -0.3 is 9.15 Å². The van der Waals surface area contributed by atoms with Gasteiger partial charge in [0.05, 0.1) is 30.2 Å². The van der Waals surface area contributed by atoms with E-state index in [4.69, 9.17) is 9.15 Å². The lowest BCUT2D eigenvalue weighted by molar-refractivity contribution is 0.411. The Labute approximate surface area is 182 Å². The van der Waals surface area contributed by atoms with Crippen LogP contribution in [0.2, 0.25) is 0 Å². The first kappa shape index (κ1) is 21.5. The van der Waals surface area contributed by atoms with E-state index in [1.54, 1.807) is 37.3 Å². The van der Waals surface area contributed by atoms with Crippen molar-refractivity contribution in [2.75, 3.05) is 7.11 Å². The van der Waals surface area contributed by atoms with Crippen LogP contribution in [0.5, 0.6) is 5.75 Å². The second-order valence-corrected chi connectivity index (χ2v) is 9.51. The van der Waals surface area contributed by atoms with Crippen LogP contribution in [0, 0.1) is 0 Å². The van der Waals surface area contributed by atoms with Gasteiger partial charge in [0.25, 0.3) is 10.0 Å². The molecule has 0 atom stereocenters. The summed E-state index contributed by atoms with van der Waals surface area (Å²) >= 11 is 4.98. The number of nitrogens with one attached hydrogen (secondary N) is 1. The van der Waals surface area contributed by atoms with Gasteiger partial charge in [-0.25, -0.2) is 4.83 Å². The predicted octanol–water partition coefficient (Wildman–Crippen LogP) is 4.80. The van der Waals surface area contributed by atoms with Crippen molar-refractivity contribution in [2.45, 2.75) is 16.4 Å². The van der Waals surface area contributed by atoms with E-state index in [1.165, 1.54) is 18.3 Å². The van der Waals surface area contributed by atoms with Gasteiger partial charge in [-0.15, -0.1) is 11.8 Å². The molecule has 6 nitrogen and oxygen atoms in total. The molecule has 0 spiro atoms. The third-order valence-electron chi connectivity index (χ3n) is 3.90. The summed E-state index contributed by atoms with van der Waals surface area (Å²) in [5.41, 5.74) is 1.75. The predicted molar refractivity (Wildman–Crippen MR) is 119 cm³/mol. The Morgan fingerprint density at radius 1 is 1.17 bits per heavy atom. The molecule has 0 amide bonds. The van der Waals surface area contributed by atoms with Crippen molar-refractivity contribution < 1.29 is 17.6 Å². The normalized spacial score (nSPS) is 11.7. The number of nitrogens with zero attached hydrogens (tertiary/aromatic N) is 1. The number of hydrazone groups is 1. The number of hydrogen-bond acceptors (Lipinski definition) is 6. The van der Waals surface area contributed by atoms with Crippen molar-refractivity contribution in [1.82, 2.24) is 4.83 Å². The lowest BCUT2D eigenvalue weighted by atomic mass is 10.1. The molecule has 3 aromatic rings. The summed E-state index contributed by atoms with van der Waals surface area (Å²) < 4.78 is 36.1. The third-order valence-corrected chi connectivity index (χ3v) is 6.67. The van der Waals surface area contributed by atoms with Gasteiger partial charge in [-0.2, -0.15) is 13.5 Å². The van der Waals surface area contributed by atoms with Crippen LogP contribution in [0.4, 0.5) is 0 Å². The van der Waals surface area contributed by atoms with Gasteiger partial charge in [0.1, 0.15) is 11.5 Å². The molecule has 29 heavy (non-hydrogen) atoms. The second-order valence-electron chi connectivity index (χ2n) is 5.95. The maximum atomic E-state index is 12.3. The van der Waals surface area contributed by atoms with E-state index in [1.807, 2.05) is 30.3 Å². The van der Waals surface area contributed by atoms with Crippen LogP contribution >= 0.6 is 27.7 Å². The largest absolute Gasteiger partial charge is 0.496 e. The number of halogens is 1. The summed E-state index contributed by atoms with van der Waals surface area (Å²) in [7, 11) is -2.10. The smallest absolute Gasteiger partial charge is 0.276 e. The molecule has 3 rings (SSSR count). The zero-order chi connectivity index (χ0) is 20.7. The van der Waals surface area contributed by atoms with Gasteiger partial charge in [-0.3, -0.25) is 0 Å². The highest BCUT2D eigenvalue weighted by Crippen LogP contribution is 2.26. The first-order chi connectivity index (χ1) is 14.0. The Morgan fingerprint density at radius 3 is 2.66 bits per heavy atom. The van der Waals surface area contributed by atoms with E-state index in [-0.39, 0.29) is 4.90 Å². The molecule has 9 heteroatoms. The molecule has 1 heterocycles. The highest BCUT2D eigenvalue weighted by molar-refractivity contribution is 9.10. The molecule has 0 unspecified atom stereocenters. The highest BCUT2D eigenvalue weighted by Gasteiger charge is 2.12. The number of rotatable bonds is 9. The summed E-state index contributed by atoms with van der Waals surface area (Å²) in [6, 6.07) is 15.7. The first-order valence-electron chi connectivity index (χ1n) is 8.55. The molecule has 2 aromatic carbocycles. The van der Waals surface area contributed by atoms with Crippen LogP contribution in [0.25, 0.3) is 0 Å². The molecule has 1 N–H and O–H groups in total. The molecule has 152 valence electrons. The lowest BCUT2D eigenvalue weighted by Gasteiger charge is -2.09. The Morgan fingerprint density at radius 2 is 1.97 bits per heavy atom. The van der Waals surface area contributed by atoms with E-state index in [0.717, 1.165) is 38.6 Å². The molecule has 0 aliphatic rings. The molecule has 0 saturated carbocycles. The Hall–Kier alpha value is -2.23. The highest BCUT2D eigenvalue weighted by atomic mass is 79.9. The van der Waals surface area contributed by atoms with Crippen LogP contribution in [-0.4, -0.2) is 21.7 Å². The number of hydrogen-bond donors (Lipinski definition) is 1. The molecular formula is C20H19BrN2O4S2. The molecule has 0 saturated heterocycles. The van der Waals surface area contributed by atoms with Gasteiger partial charge in [0, 0.05) is 15.8 Å². The van der Waals surface area contributed by atoms with Crippen LogP contribution in [0.15, 0.2) is 79.7 Å². The number of benzene rings is 2. The number of thioether (sulfide) groups is 1. The lowest BCUT2D eigenvalue weighted by Crippen LogP contribution is -2.18. The van der Waals surface area contributed by atoms with E-state index >= 15 is 0 Å². The minimum atomic E-state index is -3.72. The SMILES string of the molecule is COc1ccc(C=NNS(=O)(=O)c2ccc(Br)cc2)cc1CSCc1ccco1. The monoisotopic (exact) mass is 494 g/mol. The summed E-state index contributed by atoms with van der Waals surface area (Å²) in [6.45, 7) is 0. The topological polar surface area (TPSA) is 80.9 Å². The molecule has 0 bridgehead atoms. The van der Waals surface area contributed by atoms with Crippen LogP contribution < -0.4 is 9.57 Å². The van der Waals surface area contributed by atoms with E-state index < -0.39 is 10.0 Å². The van der Waals surface area contributed by atoms with Gasteiger partial charge in [-0.1, -0.05) is 15.9 Å². The quantitative estimate of drug-likeness (QED) is 0.341. The van der Waals surface area contributed by atoms with E-state index in [0.29, 0.717) is 0 Å². The fraction of sp³-hybridized carbons (Fsp3) is 0.150. The molecular weight excluding hydrogens is 476 g/mol. The summed E-state index contributed by atoms with van der Waals surface area (Å²) in [5, 5.41) is 3.89. The maximum Gasteiger partial charge on any atom is 0.276 e. The standard InChI is InChI=1S/C20H19BrN2O4S2/c1-26-20-9-4-15(11-16(20)13-28-14-18-3-2-10-27-18)12-22-23-29(24,25)19-7-5-17(21)6-8-19/h2-12,23H,13-14H2,1H3. The van der Waals surface area contributed by atoms with Crippen molar-refractivity contribution in [2.24, 2.45) is 5.10 Å². The van der Waals surface area contributed by atoms with Gasteiger partial charge in [0.2, 0.25) is 0 Å². The molecule has 1 aromatic heterocycles. The van der Waals surface area contributed by atoms with E-state index in [2.05, 4.69) is 25.9 Å². The van der Waals surface area contributed by atoms with Crippen molar-refractivity contribution >= 4 is 43.9 Å². The van der Waals surface area contributed by atoms with Crippen molar-refractivity contribution in [3.05, 3.63) is 82.2 Å². The number of sulfonamides is 1. The van der Waals surface area contributed by atoms with Crippen LogP contribution in [0.1, 0.15) is 16.9 Å². The molecule has 0 fully saturated rings. The molecule has 0 radical (unpaired) electrons. The minimum Gasteiger partial charge on any atom is -0.496 e. The summed E-state index contributed by atoms with van der Waals surface area (Å²) in [4.78, 5) is 2.37. The van der Waals surface area contributed by atoms with Crippen LogP contribution in [-0.2, 0) is 21.5 Å². The summed E-state index contributed by atoms with van der Waals surface area (Å²) in [5.74, 6) is 3.15. The zero-order valence-corrected chi connectivity index (χ0v) is 18.8. The van der Waals surface area contributed by atoms with E-state index in [9.17, 15) is 8.42 Å². The van der Waals surface area contributed by atoms with Gasteiger partial charge in [-0.05, 0) is 60.2 Å². The molecule has 0 aliphatic heterocycles. The minimum absolute atomic E-state index is 0.141. The Balaban J connectivity index is 1.66. The second kappa shape index (κ2) is 10.00. The maximum absolute atomic E-state index is 12.3. The third kappa shape index (κ3) is 6.12. The number of furan rings is 1. The molecule has 0 aliphatic carbocycles. The van der Waals surface area contributed by atoms with Crippen LogP contribution in [0.3, 0.4) is 0 Å². The van der Waals surface area contributed by atoms with Crippen molar-refractivity contribution in [1.29, 1.82) is 0 Å². The van der Waals surface area contributed by atoms with Crippen molar-refractivity contribution in [3.63, 3.8) is 0 Å². The number of methoxy groups -OCH3 is 1. The van der Waals surface area contributed by atoms with Gasteiger partial charge >= 0.3 is 0 Å². The average molecular weight is 495 g/mol. The Bertz CT molecular complexity index is 1070.